The lowest BCUT2D eigenvalue weighted by Gasteiger charge is -2.30. The summed E-state index contributed by atoms with van der Waals surface area (Å²) in [5, 5.41) is 9.81. The van der Waals surface area contributed by atoms with Crippen LogP contribution in [0, 0.1) is 5.92 Å². The first-order chi connectivity index (χ1) is 16.3. The molecular formula is C25H27N7O. The van der Waals surface area contributed by atoms with Crippen molar-refractivity contribution < 1.29 is 4.74 Å². The summed E-state index contributed by atoms with van der Waals surface area (Å²) in [6, 6.07) is 18.4. The fraction of sp³-hybridized carbons (Fsp3) is 0.280. The van der Waals surface area contributed by atoms with Gasteiger partial charge in [0.15, 0.2) is 11.5 Å². The third kappa shape index (κ3) is 4.85. The quantitative estimate of drug-likeness (QED) is 0.343. The number of benzene rings is 2. The largest absolute Gasteiger partial charge is 0.497 e. The summed E-state index contributed by atoms with van der Waals surface area (Å²) in [5.41, 5.74) is 6.06. The Morgan fingerprint density at radius 3 is 2.76 bits per heavy atom. The number of aromatic nitrogens is 4. The molecule has 168 valence electrons. The molecule has 3 heterocycles. The van der Waals surface area contributed by atoms with Gasteiger partial charge in [-0.25, -0.2) is 14.6 Å². The summed E-state index contributed by atoms with van der Waals surface area (Å²) in [4.78, 5) is 11.3. The molecule has 0 amide bonds. The number of nitrogens with zero attached hydrogens (tertiary/aromatic N) is 6. The Morgan fingerprint density at radius 1 is 1.09 bits per heavy atom. The monoisotopic (exact) mass is 441 g/mol. The second-order valence-electron chi connectivity index (χ2n) is 8.21. The smallest absolute Gasteiger partial charge is 0.168 e. The normalized spacial score (nSPS) is 15.3. The zero-order valence-corrected chi connectivity index (χ0v) is 18.6. The molecule has 2 aromatic heterocycles. The van der Waals surface area contributed by atoms with Crippen molar-refractivity contribution in [3.8, 4) is 11.4 Å². The predicted molar refractivity (Wildman–Crippen MR) is 130 cm³/mol. The van der Waals surface area contributed by atoms with Gasteiger partial charge in [0.05, 0.1) is 24.4 Å². The molecule has 0 bridgehead atoms. The number of piperidine rings is 1. The number of likely N-dealkylation sites (tertiary alicyclic amines) is 1. The fourth-order valence-electron chi connectivity index (χ4n) is 4.17. The summed E-state index contributed by atoms with van der Waals surface area (Å²) in [6.07, 6.45) is 7.51. The van der Waals surface area contributed by atoms with Crippen molar-refractivity contribution in [3.05, 3.63) is 72.7 Å². The van der Waals surface area contributed by atoms with E-state index in [-0.39, 0.29) is 0 Å². The zero-order valence-electron chi connectivity index (χ0n) is 18.6. The first kappa shape index (κ1) is 21.1. The Morgan fingerprint density at radius 2 is 1.94 bits per heavy atom. The van der Waals surface area contributed by atoms with E-state index >= 15 is 0 Å². The van der Waals surface area contributed by atoms with E-state index in [1.165, 1.54) is 11.9 Å². The van der Waals surface area contributed by atoms with E-state index in [1.54, 1.807) is 18.0 Å². The molecule has 0 saturated carbocycles. The molecule has 0 unspecified atom stereocenters. The van der Waals surface area contributed by atoms with Gasteiger partial charge in [-0.3, -0.25) is 10.3 Å². The van der Waals surface area contributed by atoms with Crippen LogP contribution in [-0.2, 0) is 6.54 Å². The fourth-order valence-corrected chi connectivity index (χ4v) is 4.17. The molecule has 0 atom stereocenters. The lowest BCUT2D eigenvalue weighted by molar-refractivity contribution is 0.203. The molecule has 5 rings (SSSR count). The highest BCUT2D eigenvalue weighted by Crippen LogP contribution is 2.24. The average Bonchev–Trinajstić information content (AvgIpc) is 3.31. The molecule has 1 fully saturated rings. The number of ether oxygens (including phenoxy) is 1. The lowest BCUT2D eigenvalue weighted by Crippen LogP contribution is -2.33. The van der Waals surface area contributed by atoms with Gasteiger partial charge in [-0.1, -0.05) is 36.4 Å². The number of hydrogen-bond donors (Lipinski definition) is 1. The van der Waals surface area contributed by atoms with Crippen LogP contribution >= 0.6 is 0 Å². The van der Waals surface area contributed by atoms with Crippen LogP contribution in [0.25, 0.3) is 16.7 Å². The van der Waals surface area contributed by atoms with E-state index in [2.05, 4.69) is 60.8 Å². The topological polar surface area (TPSA) is 80.5 Å². The number of nitrogens with one attached hydrogen (secondary N) is 1. The van der Waals surface area contributed by atoms with Crippen LogP contribution in [0.15, 0.2) is 72.2 Å². The van der Waals surface area contributed by atoms with Gasteiger partial charge in [0.25, 0.3) is 0 Å². The number of hydrogen-bond acceptors (Lipinski definition) is 7. The van der Waals surface area contributed by atoms with Gasteiger partial charge in [-0.2, -0.15) is 10.2 Å². The molecule has 8 heteroatoms. The summed E-state index contributed by atoms with van der Waals surface area (Å²) in [7, 11) is 1.65. The van der Waals surface area contributed by atoms with E-state index in [1.807, 2.05) is 30.5 Å². The highest BCUT2D eigenvalue weighted by Gasteiger charge is 2.18. The summed E-state index contributed by atoms with van der Waals surface area (Å²) < 4.78 is 7.10. The maximum Gasteiger partial charge on any atom is 0.168 e. The standard InChI is InChI=1S/C25H27N7O/c1-33-22-9-5-8-21(14-22)32-25-23(16-29-32)24(26-18-27-25)30-28-15-19-10-12-31(13-11-19)17-20-6-3-2-4-7-20/h2-9,14-16,18-19H,10-13,17H2,1H3,(H,26,27,30). The van der Waals surface area contributed by atoms with Crippen molar-refractivity contribution in [2.75, 3.05) is 25.6 Å². The van der Waals surface area contributed by atoms with Crippen molar-refractivity contribution >= 4 is 23.1 Å². The molecule has 1 aliphatic heterocycles. The van der Waals surface area contributed by atoms with Crippen LogP contribution in [0.2, 0.25) is 0 Å². The number of methoxy groups -OCH3 is 1. The van der Waals surface area contributed by atoms with Gasteiger partial charge in [-0.05, 0) is 49.5 Å². The Bertz CT molecular complexity index is 1230. The minimum absolute atomic E-state index is 0.460. The lowest BCUT2D eigenvalue weighted by atomic mass is 9.98. The van der Waals surface area contributed by atoms with Crippen LogP contribution in [-0.4, -0.2) is 51.1 Å². The zero-order chi connectivity index (χ0) is 22.5. The Labute approximate surface area is 192 Å². The molecule has 1 N–H and O–H groups in total. The van der Waals surface area contributed by atoms with Crippen LogP contribution in [0.4, 0.5) is 5.82 Å². The van der Waals surface area contributed by atoms with E-state index in [0.29, 0.717) is 17.4 Å². The molecule has 1 aliphatic rings. The highest BCUT2D eigenvalue weighted by molar-refractivity contribution is 5.87. The number of anilines is 1. The second kappa shape index (κ2) is 9.79. The summed E-state index contributed by atoms with van der Waals surface area (Å²) in [5.74, 6) is 1.87. The maximum atomic E-state index is 5.33. The van der Waals surface area contributed by atoms with Crippen LogP contribution in [0.5, 0.6) is 5.75 Å². The Balaban J connectivity index is 1.22. The SMILES string of the molecule is COc1cccc(-n2ncc3c(NN=CC4CCN(Cc5ccccc5)CC4)ncnc32)c1. The summed E-state index contributed by atoms with van der Waals surface area (Å²) >= 11 is 0. The third-order valence-electron chi connectivity index (χ3n) is 6.00. The first-order valence-electron chi connectivity index (χ1n) is 11.2. The van der Waals surface area contributed by atoms with Crippen molar-refractivity contribution in [1.82, 2.24) is 24.6 Å². The van der Waals surface area contributed by atoms with E-state index in [0.717, 1.165) is 49.3 Å². The predicted octanol–water partition coefficient (Wildman–Crippen LogP) is 4.13. The molecule has 8 nitrogen and oxygen atoms in total. The maximum absolute atomic E-state index is 5.33. The Kier molecular flexibility index (Phi) is 6.25. The van der Waals surface area contributed by atoms with E-state index in [9.17, 15) is 0 Å². The highest BCUT2D eigenvalue weighted by atomic mass is 16.5. The molecule has 4 aromatic rings. The van der Waals surface area contributed by atoms with Gasteiger partial charge in [0.1, 0.15) is 12.1 Å². The van der Waals surface area contributed by atoms with Crippen LogP contribution in [0.3, 0.4) is 0 Å². The van der Waals surface area contributed by atoms with Gasteiger partial charge in [0, 0.05) is 18.8 Å². The van der Waals surface area contributed by atoms with Gasteiger partial charge in [0.2, 0.25) is 0 Å². The third-order valence-corrected chi connectivity index (χ3v) is 6.00. The molecule has 2 aromatic carbocycles. The van der Waals surface area contributed by atoms with Crippen molar-refractivity contribution in [1.29, 1.82) is 0 Å². The number of hydrazone groups is 1. The molecule has 33 heavy (non-hydrogen) atoms. The Hall–Kier alpha value is -3.78. The van der Waals surface area contributed by atoms with Gasteiger partial charge < -0.3 is 4.74 Å². The summed E-state index contributed by atoms with van der Waals surface area (Å²) in [6.45, 7) is 3.17. The van der Waals surface area contributed by atoms with Crippen molar-refractivity contribution in [2.24, 2.45) is 11.0 Å². The number of fused-ring (bicyclic) bond motifs is 1. The second-order valence-corrected chi connectivity index (χ2v) is 8.21. The van der Waals surface area contributed by atoms with Gasteiger partial charge in [-0.15, -0.1) is 0 Å². The molecule has 1 saturated heterocycles. The van der Waals surface area contributed by atoms with Crippen molar-refractivity contribution in [3.63, 3.8) is 0 Å². The van der Waals surface area contributed by atoms with Gasteiger partial charge >= 0.3 is 0 Å². The van der Waals surface area contributed by atoms with Crippen LogP contribution < -0.4 is 10.2 Å². The van der Waals surface area contributed by atoms with E-state index < -0.39 is 0 Å². The minimum Gasteiger partial charge on any atom is -0.497 e. The molecule has 0 spiro atoms. The van der Waals surface area contributed by atoms with Crippen molar-refractivity contribution in [2.45, 2.75) is 19.4 Å². The molecule has 0 radical (unpaired) electrons. The molecule has 0 aliphatic carbocycles. The number of rotatable bonds is 7. The van der Waals surface area contributed by atoms with Crippen LogP contribution in [0.1, 0.15) is 18.4 Å². The first-order valence-corrected chi connectivity index (χ1v) is 11.2. The minimum atomic E-state index is 0.460. The molecular weight excluding hydrogens is 414 g/mol. The average molecular weight is 442 g/mol. The van der Waals surface area contributed by atoms with E-state index in [4.69, 9.17) is 4.74 Å².